The Bertz CT molecular complexity index is 1200. The van der Waals surface area contributed by atoms with Crippen LogP contribution in [0.4, 0.5) is 0 Å². The SMILES string of the molecule is C/C(=C\C=C\C(C)(C)O)c1cccc(CCc2ccc(CO[Si](C)(C)C(C)(C)C)c(CO[Si](C)(C)C(C)(C)C)c2)c1. The Kier molecular flexibility index (Phi) is 11.8. The molecule has 0 amide bonds. The highest BCUT2D eigenvalue weighted by atomic mass is 28.4. The summed E-state index contributed by atoms with van der Waals surface area (Å²) in [6, 6.07) is 15.7. The summed E-state index contributed by atoms with van der Waals surface area (Å²) >= 11 is 0. The molecule has 0 aromatic heterocycles. The molecule has 0 aliphatic heterocycles. The van der Waals surface area contributed by atoms with E-state index in [0.29, 0.717) is 13.2 Å². The van der Waals surface area contributed by atoms with Gasteiger partial charge in [-0.05, 0) is 103 Å². The van der Waals surface area contributed by atoms with Gasteiger partial charge in [0.05, 0.1) is 18.8 Å². The first-order valence-electron chi connectivity index (χ1n) is 15.2. The third-order valence-corrected chi connectivity index (χ3v) is 18.0. The Morgan fingerprint density at radius 3 is 1.76 bits per heavy atom. The molecular weight excluding hydrogens is 537 g/mol. The maximum Gasteiger partial charge on any atom is 0.192 e. The average Bonchev–Trinajstić information content (AvgIpc) is 2.83. The smallest absolute Gasteiger partial charge is 0.192 e. The maximum atomic E-state index is 9.94. The van der Waals surface area contributed by atoms with Crippen molar-refractivity contribution >= 4 is 22.2 Å². The third kappa shape index (κ3) is 11.1. The van der Waals surface area contributed by atoms with Crippen molar-refractivity contribution in [2.75, 3.05) is 0 Å². The summed E-state index contributed by atoms with van der Waals surface area (Å²) in [7, 11) is -3.74. The van der Waals surface area contributed by atoms with Crippen molar-refractivity contribution in [3.63, 3.8) is 0 Å². The molecule has 41 heavy (non-hydrogen) atoms. The van der Waals surface area contributed by atoms with Crippen molar-refractivity contribution in [3.8, 4) is 0 Å². The second-order valence-corrected chi connectivity index (χ2v) is 24.9. The van der Waals surface area contributed by atoms with E-state index in [0.717, 1.165) is 12.8 Å². The van der Waals surface area contributed by atoms with E-state index in [-0.39, 0.29) is 10.1 Å². The highest BCUT2D eigenvalue weighted by Crippen LogP contribution is 2.39. The summed E-state index contributed by atoms with van der Waals surface area (Å²) in [5.41, 5.74) is 6.76. The molecule has 2 aromatic carbocycles. The van der Waals surface area contributed by atoms with Gasteiger partial charge in [-0.3, -0.25) is 0 Å². The Hall–Kier alpha value is -1.77. The van der Waals surface area contributed by atoms with E-state index in [1.54, 1.807) is 13.8 Å². The van der Waals surface area contributed by atoms with Gasteiger partial charge in [-0.15, -0.1) is 0 Å². The summed E-state index contributed by atoms with van der Waals surface area (Å²) in [5.74, 6) is 0. The fourth-order valence-electron chi connectivity index (χ4n) is 3.84. The first-order valence-corrected chi connectivity index (χ1v) is 21.0. The van der Waals surface area contributed by atoms with Gasteiger partial charge in [0.1, 0.15) is 0 Å². The lowest BCUT2D eigenvalue weighted by Gasteiger charge is -2.37. The predicted octanol–water partition coefficient (Wildman–Crippen LogP) is 10.2. The molecule has 2 rings (SSSR count). The number of hydrogen-bond donors (Lipinski definition) is 1. The lowest BCUT2D eigenvalue weighted by atomic mass is 9.97. The van der Waals surface area contributed by atoms with Crippen LogP contribution in [0, 0.1) is 0 Å². The largest absolute Gasteiger partial charge is 0.413 e. The molecule has 0 aliphatic rings. The minimum Gasteiger partial charge on any atom is -0.413 e. The van der Waals surface area contributed by atoms with E-state index in [4.69, 9.17) is 8.85 Å². The van der Waals surface area contributed by atoms with E-state index in [9.17, 15) is 5.11 Å². The molecule has 0 aliphatic carbocycles. The molecule has 0 bridgehead atoms. The Morgan fingerprint density at radius 2 is 1.24 bits per heavy atom. The third-order valence-electron chi connectivity index (χ3n) is 9.00. The number of allylic oxidation sites excluding steroid dienone is 3. The highest BCUT2D eigenvalue weighted by molar-refractivity contribution is 6.74. The molecule has 0 unspecified atom stereocenters. The maximum absolute atomic E-state index is 9.94. The van der Waals surface area contributed by atoms with Gasteiger partial charge in [0.2, 0.25) is 0 Å². The minimum atomic E-state index is -1.88. The molecule has 0 saturated carbocycles. The lowest BCUT2D eigenvalue weighted by molar-refractivity contribution is 0.133. The fraction of sp³-hybridized carbons (Fsp3) is 0.556. The van der Waals surface area contributed by atoms with Gasteiger partial charge in [-0.25, -0.2) is 0 Å². The Labute approximate surface area is 254 Å². The van der Waals surface area contributed by atoms with Crippen molar-refractivity contribution in [1.29, 1.82) is 0 Å². The summed E-state index contributed by atoms with van der Waals surface area (Å²) < 4.78 is 13.3. The highest BCUT2D eigenvalue weighted by Gasteiger charge is 2.38. The number of aliphatic hydroxyl groups is 1. The van der Waals surface area contributed by atoms with E-state index < -0.39 is 22.2 Å². The first-order chi connectivity index (χ1) is 18.6. The van der Waals surface area contributed by atoms with E-state index in [1.165, 1.54) is 33.4 Å². The van der Waals surface area contributed by atoms with Gasteiger partial charge in [0.15, 0.2) is 16.6 Å². The van der Waals surface area contributed by atoms with Crippen molar-refractivity contribution in [1.82, 2.24) is 0 Å². The molecule has 0 saturated heterocycles. The van der Waals surface area contributed by atoms with Crippen molar-refractivity contribution < 1.29 is 14.0 Å². The van der Waals surface area contributed by atoms with Gasteiger partial charge in [-0.1, -0.05) is 102 Å². The van der Waals surface area contributed by atoms with Crippen LogP contribution >= 0.6 is 0 Å². The van der Waals surface area contributed by atoms with Crippen molar-refractivity contribution in [2.24, 2.45) is 0 Å². The van der Waals surface area contributed by atoms with Gasteiger partial charge < -0.3 is 14.0 Å². The van der Waals surface area contributed by atoms with Crippen LogP contribution in [-0.2, 0) is 34.9 Å². The van der Waals surface area contributed by atoms with Crippen LogP contribution in [0.25, 0.3) is 5.57 Å². The van der Waals surface area contributed by atoms with Gasteiger partial charge >= 0.3 is 0 Å². The Morgan fingerprint density at radius 1 is 0.732 bits per heavy atom. The topological polar surface area (TPSA) is 38.7 Å². The number of hydrogen-bond acceptors (Lipinski definition) is 3. The lowest BCUT2D eigenvalue weighted by Crippen LogP contribution is -2.41. The molecule has 3 nitrogen and oxygen atoms in total. The molecule has 5 heteroatoms. The number of benzene rings is 2. The van der Waals surface area contributed by atoms with Crippen LogP contribution < -0.4 is 0 Å². The molecule has 0 spiro atoms. The summed E-state index contributed by atoms with van der Waals surface area (Å²) in [6.45, 7) is 30.0. The fourth-order valence-corrected chi connectivity index (χ4v) is 5.74. The van der Waals surface area contributed by atoms with E-state index >= 15 is 0 Å². The van der Waals surface area contributed by atoms with Crippen LogP contribution in [0.2, 0.25) is 36.3 Å². The quantitative estimate of drug-likeness (QED) is 0.196. The van der Waals surface area contributed by atoms with Gasteiger partial charge in [0.25, 0.3) is 0 Å². The minimum absolute atomic E-state index is 0.171. The summed E-state index contributed by atoms with van der Waals surface area (Å²) in [5, 5.41) is 10.3. The van der Waals surface area contributed by atoms with Crippen LogP contribution in [0.1, 0.15) is 90.1 Å². The molecule has 0 heterocycles. The van der Waals surface area contributed by atoms with Crippen molar-refractivity contribution in [2.45, 2.75) is 130 Å². The van der Waals surface area contributed by atoms with Crippen LogP contribution in [0.3, 0.4) is 0 Å². The molecule has 2 aromatic rings. The van der Waals surface area contributed by atoms with Crippen LogP contribution in [0.15, 0.2) is 60.7 Å². The summed E-state index contributed by atoms with van der Waals surface area (Å²) in [4.78, 5) is 0. The van der Waals surface area contributed by atoms with E-state index in [1.807, 2.05) is 12.2 Å². The molecule has 1 N–H and O–H groups in total. The second-order valence-electron chi connectivity index (χ2n) is 15.3. The predicted molar refractivity (Wildman–Crippen MR) is 183 cm³/mol. The zero-order valence-electron chi connectivity index (χ0n) is 28.4. The normalized spacial score (nSPS) is 14.2. The average molecular weight is 595 g/mol. The Balaban J connectivity index is 2.25. The first kappa shape index (κ1) is 35.4. The zero-order chi connectivity index (χ0) is 31.3. The van der Waals surface area contributed by atoms with Gasteiger partial charge in [-0.2, -0.15) is 0 Å². The second kappa shape index (κ2) is 13.7. The molecule has 0 radical (unpaired) electrons. The van der Waals surface area contributed by atoms with Crippen LogP contribution in [-0.4, -0.2) is 27.3 Å². The van der Waals surface area contributed by atoms with Crippen molar-refractivity contribution in [3.05, 3.63) is 88.5 Å². The molecular formula is C36H58O3Si2. The standard InChI is InChI=1S/C36H58O3Si2/c1-28(16-15-23-36(8,9)37)31-18-14-17-29(24-31)19-20-30-21-22-32(26-38-40(10,11)34(2,3)4)33(25-30)27-39-41(12,13)35(5,6)7/h14-18,21-25,37H,19-20,26-27H2,1-13H3/b23-15+,28-16+. The molecule has 228 valence electrons. The number of aryl methyl sites for hydroxylation is 2. The van der Waals surface area contributed by atoms with Gasteiger partial charge in [0, 0.05) is 0 Å². The summed E-state index contributed by atoms with van der Waals surface area (Å²) in [6.07, 6.45) is 7.76. The monoisotopic (exact) mass is 594 g/mol. The number of rotatable bonds is 12. The van der Waals surface area contributed by atoms with E-state index in [2.05, 4.69) is 123 Å². The zero-order valence-corrected chi connectivity index (χ0v) is 30.4. The molecule has 0 atom stereocenters. The van der Waals surface area contributed by atoms with Crippen LogP contribution in [0.5, 0.6) is 0 Å². The molecule has 0 fully saturated rings.